The number of nitrogens with one attached hydrogen (secondary N) is 3. The van der Waals surface area contributed by atoms with Crippen molar-refractivity contribution in [3.8, 4) is 0 Å². The molecule has 80 valence electrons. The van der Waals surface area contributed by atoms with Crippen LogP contribution in [0.4, 0.5) is 5.95 Å². The highest BCUT2D eigenvalue weighted by Crippen LogP contribution is 2.08. The molecule has 15 heavy (non-hydrogen) atoms. The van der Waals surface area contributed by atoms with Crippen LogP contribution in [0.3, 0.4) is 0 Å². The molecular weight excluding hydrogens is 260 g/mol. The Morgan fingerprint density at radius 2 is 2.13 bits per heavy atom. The van der Waals surface area contributed by atoms with Crippen molar-refractivity contribution in [2.45, 2.75) is 0 Å². The quantitative estimate of drug-likeness (QED) is 0.476. The molecule has 0 aliphatic carbocycles. The molecular formula is C8H11BrN6. The van der Waals surface area contributed by atoms with E-state index in [0.29, 0.717) is 11.6 Å². The summed E-state index contributed by atoms with van der Waals surface area (Å²) in [6.07, 6.45) is 4.77. The van der Waals surface area contributed by atoms with Crippen LogP contribution in [0.25, 0.3) is 0 Å². The van der Waals surface area contributed by atoms with Gasteiger partial charge < -0.3 is 16.4 Å². The van der Waals surface area contributed by atoms with Gasteiger partial charge in [0.2, 0.25) is 5.95 Å². The average molecular weight is 271 g/mol. The zero-order chi connectivity index (χ0) is 11.3. The number of amidine groups is 1. The number of anilines is 1. The molecule has 0 saturated heterocycles. The largest absolute Gasteiger partial charge is 0.392 e. The molecule has 0 spiro atoms. The second-order valence-electron chi connectivity index (χ2n) is 2.61. The van der Waals surface area contributed by atoms with Crippen LogP contribution >= 0.6 is 15.9 Å². The number of hydrogen-bond acceptors (Lipinski definition) is 5. The van der Waals surface area contributed by atoms with Crippen LogP contribution in [0.15, 0.2) is 28.8 Å². The molecule has 1 heterocycles. The summed E-state index contributed by atoms with van der Waals surface area (Å²) in [5.74, 6) is 0.297. The van der Waals surface area contributed by atoms with Crippen LogP contribution in [0.1, 0.15) is 0 Å². The predicted molar refractivity (Wildman–Crippen MR) is 62.4 cm³/mol. The third kappa shape index (κ3) is 3.55. The molecule has 5 N–H and O–H groups in total. The summed E-state index contributed by atoms with van der Waals surface area (Å²) in [6, 6.07) is 0. The van der Waals surface area contributed by atoms with Crippen molar-refractivity contribution in [1.82, 2.24) is 15.3 Å². The summed E-state index contributed by atoms with van der Waals surface area (Å²) < 4.78 is 0.787. The Kier molecular flexibility index (Phi) is 4.04. The minimum atomic E-state index is -0.0872. The highest BCUT2D eigenvalue weighted by Gasteiger charge is 2.02. The summed E-state index contributed by atoms with van der Waals surface area (Å²) in [4.78, 5) is 7.99. The summed E-state index contributed by atoms with van der Waals surface area (Å²) in [6.45, 7) is 0. The van der Waals surface area contributed by atoms with Crippen molar-refractivity contribution in [3.63, 3.8) is 0 Å². The van der Waals surface area contributed by atoms with Gasteiger partial charge in [-0.15, -0.1) is 0 Å². The molecule has 1 aromatic rings. The monoisotopic (exact) mass is 270 g/mol. The van der Waals surface area contributed by atoms with Gasteiger partial charge in [0.05, 0.1) is 10.2 Å². The molecule has 0 unspecified atom stereocenters. The molecule has 0 bridgehead atoms. The lowest BCUT2D eigenvalue weighted by Crippen LogP contribution is -2.21. The predicted octanol–water partition coefficient (Wildman–Crippen LogP) is 0.648. The standard InChI is InChI=1S/C8H11BrN6/c1-12-4-6(7(10)11)15-8-13-2-5(9)3-14-8/h2-4,12H,1H3,(H3,10,11)(H,13,14,15)/b6-4+. The van der Waals surface area contributed by atoms with Crippen molar-refractivity contribution >= 4 is 27.7 Å². The third-order valence-electron chi connectivity index (χ3n) is 1.45. The number of hydrogen-bond donors (Lipinski definition) is 4. The molecule has 0 aromatic carbocycles. The van der Waals surface area contributed by atoms with Gasteiger partial charge in [0.1, 0.15) is 5.84 Å². The lowest BCUT2D eigenvalue weighted by molar-refractivity contribution is 1.07. The van der Waals surface area contributed by atoms with Crippen molar-refractivity contribution < 1.29 is 0 Å². The maximum absolute atomic E-state index is 7.29. The van der Waals surface area contributed by atoms with Crippen LogP contribution in [0.2, 0.25) is 0 Å². The Morgan fingerprint density at radius 3 is 2.60 bits per heavy atom. The van der Waals surface area contributed by atoms with Gasteiger partial charge in [0.25, 0.3) is 0 Å². The van der Waals surface area contributed by atoms with E-state index in [1.165, 1.54) is 0 Å². The second-order valence-corrected chi connectivity index (χ2v) is 3.53. The van der Waals surface area contributed by atoms with Gasteiger partial charge in [-0.1, -0.05) is 0 Å². The summed E-state index contributed by atoms with van der Waals surface area (Å²) >= 11 is 3.22. The van der Waals surface area contributed by atoms with Crippen molar-refractivity contribution in [2.75, 3.05) is 12.4 Å². The normalized spacial score (nSPS) is 10.9. The first-order valence-electron chi connectivity index (χ1n) is 4.10. The van der Waals surface area contributed by atoms with E-state index in [1.807, 2.05) is 0 Å². The Hall–Kier alpha value is -1.63. The zero-order valence-electron chi connectivity index (χ0n) is 8.08. The van der Waals surface area contributed by atoms with Gasteiger partial charge in [-0.2, -0.15) is 0 Å². The molecule has 0 aliphatic rings. The van der Waals surface area contributed by atoms with E-state index in [0.717, 1.165) is 4.47 Å². The Balaban J connectivity index is 2.79. The minimum absolute atomic E-state index is 0.0872. The molecule has 7 heteroatoms. The molecule has 0 amide bonds. The summed E-state index contributed by atoms with van der Waals surface area (Å²) in [5, 5.41) is 12.9. The van der Waals surface area contributed by atoms with Crippen LogP contribution in [-0.4, -0.2) is 22.9 Å². The zero-order valence-corrected chi connectivity index (χ0v) is 9.67. The highest BCUT2D eigenvalue weighted by molar-refractivity contribution is 9.10. The van der Waals surface area contributed by atoms with Crippen LogP contribution in [-0.2, 0) is 0 Å². The lowest BCUT2D eigenvalue weighted by atomic mass is 10.4. The molecule has 0 saturated carbocycles. The Labute approximate surface area is 95.6 Å². The average Bonchev–Trinajstić information content (AvgIpc) is 2.20. The van der Waals surface area contributed by atoms with Crippen LogP contribution < -0.4 is 16.4 Å². The Bertz CT molecular complexity index is 371. The van der Waals surface area contributed by atoms with Crippen molar-refractivity contribution in [2.24, 2.45) is 5.73 Å². The van der Waals surface area contributed by atoms with Gasteiger partial charge in [0, 0.05) is 25.6 Å². The number of halogens is 1. The molecule has 0 atom stereocenters. The topological polar surface area (TPSA) is 99.7 Å². The number of aromatic nitrogens is 2. The highest BCUT2D eigenvalue weighted by atomic mass is 79.9. The number of nitrogens with zero attached hydrogens (tertiary/aromatic N) is 2. The Morgan fingerprint density at radius 1 is 1.53 bits per heavy atom. The van der Waals surface area contributed by atoms with Crippen LogP contribution in [0, 0.1) is 5.41 Å². The van der Waals surface area contributed by atoms with Gasteiger partial charge >= 0.3 is 0 Å². The minimum Gasteiger partial charge on any atom is -0.392 e. The number of nitrogens with two attached hydrogens (primary N) is 1. The smallest absolute Gasteiger partial charge is 0.227 e. The van der Waals surface area contributed by atoms with E-state index < -0.39 is 0 Å². The van der Waals surface area contributed by atoms with Crippen molar-refractivity contribution in [1.29, 1.82) is 5.41 Å². The fourth-order valence-corrected chi connectivity index (χ4v) is 1.03. The second kappa shape index (κ2) is 5.30. The van der Waals surface area contributed by atoms with E-state index in [-0.39, 0.29) is 5.84 Å². The summed E-state index contributed by atoms with van der Waals surface area (Å²) in [7, 11) is 1.72. The third-order valence-corrected chi connectivity index (χ3v) is 1.86. The van der Waals surface area contributed by atoms with E-state index in [1.54, 1.807) is 25.6 Å². The first-order valence-corrected chi connectivity index (χ1v) is 4.89. The van der Waals surface area contributed by atoms with Crippen molar-refractivity contribution in [3.05, 3.63) is 28.8 Å². The first-order chi connectivity index (χ1) is 7.13. The molecule has 0 aliphatic heterocycles. The summed E-state index contributed by atoms with van der Waals surface area (Å²) in [5.41, 5.74) is 5.76. The van der Waals surface area contributed by atoms with Gasteiger partial charge in [0.15, 0.2) is 0 Å². The van der Waals surface area contributed by atoms with Crippen LogP contribution in [0.5, 0.6) is 0 Å². The molecule has 6 nitrogen and oxygen atoms in total. The molecule has 1 aromatic heterocycles. The molecule has 0 fully saturated rings. The maximum Gasteiger partial charge on any atom is 0.227 e. The fraction of sp³-hybridized carbons (Fsp3) is 0.125. The SMILES string of the molecule is CN/C=C(/Nc1ncc(Br)cn1)C(=N)N. The van der Waals surface area contributed by atoms with E-state index >= 15 is 0 Å². The van der Waals surface area contributed by atoms with Gasteiger partial charge in [-0.25, -0.2) is 9.97 Å². The maximum atomic E-state index is 7.29. The number of rotatable bonds is 4. The molecule has 0 radical (unpaired) electrons. The van der Waals surface area contributed by atoms with E-state index in [2.05, 4.69) is 36.5 Å². The van der Waals surface area contributed by atoms with Gasteiger partial charge in [-0.05, 0) is 15.9 Å². The van der Waals surface area contributed by atoms with Gasteiger partial charge in [-0.3, -0.25) is 5.41 Å². The first kappa shape index (κ1) is 11.4. The van der Waals surface area contributed by atoms with E-state index in [9.17, 15) is 0 Å². The fourth-order valence-electron chi connectivity index (χ4n) is 0.823. The molecule has 1 rings (SSSR count). The lowest BCUT2D eigenvalue weighted by Gasteiger charge is -2.07. The van der Waals surface area contributed by atoms with E-state index in [4.69, 9.17) is 11.1 Å².